The first kappa shape index (κ1) is 16.4. The van der Waals surface area contributed by atoms with Crippen LogP contribution in [0.4, 0.5) is 4.39 Å². The summed E-state index contributed by atoms with van der Waals surface area (Å²) in [7, 11) is 0. The first-order valence-corrected chi connectivity index (χ1v) is 8.10. The van der Waals surface area contributed by atoms with Gasteiger partial charge < -0.3 is 5.32 Å². The Balaban J connectivity index is 1.76. The Hall–Kier alpha value is -0.930. The maximum atomic E-state index is 12.9. The average Bonchev–Trinajstić information content (AvgIpc) is 2.41. The molecule has 118 valence electrons. The van der Waals surface area contributed by atoms with Crippen LogP contribution in [0.15, 0.2) is 24.3 Å². The molecule has 1 aromatic carbocycles. The highest BCUT2D eigenvalue weighted by Gasteiger charge is 2.27. The molecule has 1 unspecified atom stereocenters. The van der Waals surface area contributed by atoms with E-state index in [0.717, 1.165) is 6.42 Å². The molecular weight excluding hydrogens is 263 g/mol. The van der Waals surface area contributed by atoms with Crippen molar-refractivity contribution in [1.29, 1.82) is 0 Å². The molecule has 2 nitrogen and oxygen atoms in total. The minimum Gasteiger partial charge on any atom is -0.311 e. The highest BCUT2D eigenvalue weighted by atomic mass is 19.1. The lowest BCUT2D eigenvalue weighted by Crippen LogP contribution is -2.51. The Labute approximate surface area is 128 Å². The summed E-state index contributed by atoms with van der Waals surface area (Å²) in [5, 5.41) is 3.73. The molecule has 1 atom stereocenters. The average molecular weight is 292 g/mol. The number of hydrogen-bond acceptors (Lipinski definition) is 2. The number of benzene rings is 1. The summed E-state index contributed by atoms with van der Waals surface area (Å²) in [6.45, 7) is 11.4. The molecule has 0 bridgehead atoms. The van der Waals surface area contributed by atoms with Crippen molar-refractivity contribution in [2.45, 2.75) is 64.6 Å². The second kappa shape index (κ2) is 6.89. The fourth-order valence-corrected chi connectivity index (χ4v) is 3.15. The zero-order valence-corrected chi connectivity index (χ0v) is 13.8. The summed E-state index contributed by atoms with van der Waals surface area (Å²) >= 11 is 0. The molecule has 0 aromatic heterocycles. The van der Waals surface area contributed by atoms with Crippen LogP contribution in [0.25, 0.3) is 0 Å². The number of nitrogens with one attached hydrogen (secondary N) is 1. The zero-order chi connectivity index (χ0) is 15.5. The van der Waals surface area contributed by atoms with Crippen molar-refractivity contribution in [2.75, 3.05) is 13.1 Å². The van der Waals surface area contributed by atoms with Gasteiger partial charge in [-0.3, -0.25) is 4.90 Å². The van der Waals surface area contributed by atoms with Crippen molar-refractivity contribution < 1.29 is 4.39 Å². The third-order valence-electron chi connectivity index (χ3n) is 4.42. The monoisotopic (exact) mass is 292 g/mol. The molecule has 1 aromatic rings. The fourth-order valence-electron chi connectivity index (χ4n) is 3.15. The molecule has 3 heteroatoms. The lowest BCUT2D eigenvalue weighted by Gasteiger charge is -2.41. The number of likely N-dealkylation sites (tertiary alicyclic amines) is 1. The topological polar surface area (TPSA) is 15.3 Å². The van der Waals surface area contributed by atoms with Crippen molar-refractivity contribution >= 4 is 0 Å². The van der Waals surface area contributed by atoms with E-state index in [1.165, 1.54) is 31.5 Å². The minimum atomic E-state index is -0.158. The second-order valence-electron chi connectivity index (χ2n) is 7.33. The lowest BCUT2D eigenvalue weighted by atomic mass is 9.97. The lowest BCUT2D eigenvalue weighted by molar-refractivity contribution is 0.0942. The van der Waals surface area contributed by atoms with Crippen LogP contribution >= 0.6 is 0 Å². The third kappa shape index (κ3) is 5.08. The van der Waals surface area contributed by atoms with Crippen molar-refractivity contribution in [3.05, 3.63) is 35.6 Å². The normalized spacial score (nSPS) is 19.7. The van der Waals surface area contributed by atoms with E-state index >= 15 is 0 Å². The van der Waals surface area contributed by atoms with E-state index in [0.29, 0.717) is 12.1 Å². The predicted octanol–water partition coefficient (Wildman–Crippen LogP) is 3.61. The van der Waals surface area contributed by atoms with E-state index in [1.54, 1.807) is 12.1 Å². The van der Waals surface area contributed by atoms with Crippen molar-refractivity contribution in [3.63, 3.8) is 0 Å². The quantitative estimate of drug-likeness (QED) is 0.912. The summed E-state index contributed by atoms with van der Waals surface area (Å²) in [5.74, 6) is -0.158. The Morgan fingerprint density at radius 3 is 2.29 bits per heavy atom. The maximum absolute atomic E-state index is 12.9. The zero-order valence-electron chi connectivity index (χ0n) is 13.8. The number of rotatable bonds is 4. The first-order chi connectivity index (χ1) is 9.84. The maximum Gasteiger partial charge on any atom is 0.123 e. The molecule has 1 N–H and O–H groups in total. The highest BCUT2D eigenvalue weighted by Crippen LogP contribution is 2.20. The van der Waals surface area contributed by atoms with Gasteiger partial charge in [0.25, 0.3) is 0 Å². The Bertz CT molecular complexity index is 428. The summed E-state index contributed by atoms with van der Waals surface area (Å²) in [6, 6.07) is 7.90. The third-order valence-corrected chi connectivity index (χ3v) is 4.42. The molecule has 1 heterocycles. The summed E-state index contributed by atoms with van der Waals surface area (Å²) in [6.07, 6.45) is 3.38. The number of hydrogen-bond donors (Lipinski definition) is 1. The van der Waals surface area contributed by atoms with Crippen LogP contribution in [0.3, 0.4) is 0 Å². The van der Waals surface area contributed by atoms with Crippen molar-refractivity contribution in [2.24, 2.45) is 0 Å². The molecule has 2 rings (SSSR count). The van der Waals surface area contributed by atoms with E-state index in [9.17, 15) is 4.39 Å². The number of nitrogens with zero attached hydrogens (tertiary/aromatic N) is 1. The number of piperidine rings is 1. The summed E-state index contributed by atoms with van der Waals surface area (Å²) in [4.78, 5) is 2.57. The second-order valence-corrected chi connectivity index (χ2v) is 7.33. The summed E-state index contributed by atoms with van der Waals surface area (Å²) in [5.41, 5.74) is 1.48. The minimum absolute atomic E-state index is 0.158. The molecule has 0 saturated carbocycles. The van der Waals surface area contributed by atoms with Crippen LogP contribution in [0, 0.1) is 5.82 Å². The fraction of sp³-hybridized carbons (Fsp3) is 0.667. The molecule has 0 spiro atoms. The van der Waals surface area contributed by atoms with E-state index in [2.05, 4.69) is 37.9 Å². The largest absolute Gasteiger partial charge is 0.311 e. The molecule has 0 aliphatic carbocycles. The van der Waals surface area contributed by atoms with Crippen LogP contribution in [-0.2, 0) is 6.42 Å². The molecule has 1 saturated heterocycles. The first-order valence-electron chi connectivity index (χ1n) is 8.10. The molecule has 0 amide bonds. The molecule has 1 fully saturated rings. The van der Waals surface area contributed by atoms with Gasteiger partial charge in [-0.05, 0) is 64.7 Å². The van der Waals surface area contributed by atoms with E-state index in [1.807, 2.05) is 12.1 Å². The van der Waals surface area contributed by atoms with Gasteiger partial charge >= 0.3 is 0 Å². The standard InChI is InChI=1S/C18H29FN2/c1-14(13-15-5-7-16(19)8-6-15)20-17-9-11-21(12-10-17)18(2,3)4/h5-8,14,17,20H,9-13H2,1-4H3. The molecule has 1 aliphatic heterocycles. The Morgan fingerprint density at radius 2 is 1.76 bits per heavy atom. The van der Waals surface area contributed by atoms with Gasteiger partial charge in [-0.2, -0.15) is 0 Å². The van der Waals surface area contributed by atoms with Gasteiger partial charge in [0.15, 0.2) is 0 Å². The van der Waals surface area contributed by atoms with Crippen molar-refractivity contribution in [1.82, 2.24) is 10.2 Å². The predicted molar refractivity (Wildman–Crippen MR) is 87.0 cm³/mol. The molecular formula is C18H29FN2. The van der Waals surface area contributed by atoms with Crippen LogP contribution in [-0.4, -0.2) is 35.6 Å². The summed E-state index contributed by atoms with van der Waals surface area (Å²) < 4.78 is 12.9. The van der Waals surface area contributed by atoms with Gasteiger partial charge in [-0.25, -0.2) is 4.39 Å². The molecule has 1 aliphatic rings. The van der Waals surface area contributed by atoms with Gasteiger partial charge in [-0.15, -0.1) is 0 Å². The highest BCUT2D eigenvalue weighted by molar-refractivity contribution is 5.17. The van der Waals surface area contributed by atoms with E-state index in [-0.39, 0.29) is 11.4 Å². The van der Waals surface area contributed by atoms with Crippen molar-refractivity contribution in [3.8, 4) is 0 Å². The van der Waals surface area contributed by atoms with Gasteiger partial charge in [0.05, 0.1) is 0 Å². The number of halogens is 1. The molecule has 21 heavy (non-hydrogen) atoms. The van der Waals surface area contributed by atoms with Gasteiger partial charge in [0, 0.05) is 30.7 Å². The van der Waals surface area contributed by atoms with Crippen LogP contribution in [0.2, 0.25) is 0 Å². The van der Waals surface area contributed by atoms with E-state index < -0.39 is 0 Å². The SMILES string of the molecule is CC(Cc1ccc(F)cc1)NC1CCN(C(C)(C)C)CC1. The van der Waals surface area contributed by atoms with Crippen LogP contribution < -0.4 is 5.32 Å². The Kier molecular flexibility index (Phi) is 5.39. The van der Waals surface area contributed by atoms with Gasteiger partial charge in [0.1, 0.15) is 5.82 Å². The van der Waals surface area contributed by atoms with E-state index in [4.69, 9.17) is 0 Å². The Morgan fingerprint density at radius 1 is 1.19 bits per heavy atom. The van der Waals surface area contributed by atoms with Crippen LogP contribution in [0.1, 0.15) is 46.1 Å². The molecule has 0 radical (unpaired) electrons. The van der Waals surface area contributed by atoms with Gasteiger partial charge in [-0.1, -0.05) is 12.1 Å². The van der Waals surface area contributed by atoms with Crippen LogP contribution in [0.5, 0.6) is 0 Å². The smallest absolute Gasteiger partial charge is 0.123 e. The van der Waals surface area contributed by atoms with Gasteiger partial charge in [0.2, 0.25) is 0 Å².